The second kappa shape index (κ2) is 22.0. The number of rotatable bonds is 15. The van der Waals surface area contributed by atoms with Gasteiger partial charge in [-0.2, -0.15) is 16.8 Å². The van der Waals surface area contributed by atoms with E-state index in [0.717, 1.165) is 0 Å². The van der Waals surface area contributed by atoms with E-state index in [4.69, 9.17) is 33.2 Å². The number of carboxylic acids is 2. The van der Waals surface area contributed by atoms with Gasteiger partial charge in [-0.05, 0) is 6.07 Å². The number of amides is 2. The van der Waals surface area contributed by atoms with E-state index < -0.39 is 50.1 Å². The highest BCUT2D eigenvalue weighted by Crippen LogP contribution is 2.44. The molecule has 23 heteroatoms. The molecule has 0 bridgehead atoms. The van der Waals surface area contributed by atoms with Crippen LogP contribution >= 0.6 is 0 Å². The third-order valence-electron chi connectivity index (χ3n) is 5.51. The molecule has 286 valence electrons. The van der Waals surface area contributed by atoms with Crippen molar-refractivity contribution < 1.29 is 79.5 Å². The van der Waals surface area contributed by atoms with Gasteiger partial charge in [-0.1, -0.05) is 24.3 Å². The van der Waals surface area contributed by atoms with Gasteiger partial charge in [0.25, 0.3) is 20.2 Å². The van der Waals surface area contributed by atoms with Crippen molar-refractivity contribution >= 4 is 71.9 Å². The molecule has 1 heterocycles. The van der Waals surface area contributed by atoms with Crippen molar-refractivity contribution in [2.75, 3.05) is 51.8 Å². The highest BCUT2D eigenvalue weighted by atomic mass is 32.2. The van der Waals surface area contributed by atoms with Crippen LogP contribution in [0.25, 0.3) is 21.7 Å². The molecular weight excluding hydrogens is 728 g/mol. The third kappa shape index (κ3) is 20.4. The fourth-order valence-electron chi connectivity index (χ4n) is 3.66. The Hall–Kier alpha value is -4.91. The highest BCUT2D eigenvalue weighted by Gasteiger charge is 2.24. The van der Waals surface area contributed by atoms with Gasteiger partial charge in [-0.15, -0.1) is 0 Å². The Bertz CT molecular complexity index is 1730. The van der Waals surface area contributed by atoms with Crippen LogP contribution in [0.5, 0.6) is 11.5 Å². The average Bonchev–Trinajstić information content (AvgIpc) is 3.42. The second-order valence-electron chi connectivity index (χ2n) is 10.00. The first kappa shape index (κ1) is 46.1. The number of ether oxygens (including phenoxy) is 2. The Morgan fingerprint density at radius 3 is 1.47 bits per heavy atom. The molecule has 0 fully saturated rings. The van der Waals surface area contributed by atoms with Crippen LogP contribution in [0.3, 0.4) is 0 Å². The van der Waals surface area contributed by atoms with E-state index in [1.807, 2.05) is 0 Å². The SMILES string of the molecule is CC(=O)c1cc2c(OC(=O)NCCNCCC(=O)O)c3ccccc3c(OC(=O)NCCNCCC(=O)O)c2o1.CS(=O)(=O)O.CS(=O)(=O)O.O. The quantitative estimate of drug-likeness (QED) is 0.0584. The van der Waals surface area contributed by atoms with Crippen molar-refractivity contribution in [3.63, 3.8) is 0 Å². The van der Waals surface area contributed by atoms with Crippen molar-refractivity contribution in [3.05, 3.63) is 36.1 Å². The number of fused-ring (bicyclic) bond motifs is 2. The summed E-state index contributed by atoms with van der Waals surface area (Å²) in [6.07, 6.45) is -0.279. The van der Waals surface area contributed by atoms with Gasteiger partial charge in [0, 0.05) is 57.0 Å². The molecule has 10 N–H and O–H groups in total. The van der Waals surface area contributed by atoms with Crippen molar-refractivity contribution in [2.24, 2.45) is 0 Å². The van der Waals surface area contributed by atoms with E-state index >= 15 is 0 Å². The van der Waals surface area contributed by atoms with Crippen molar-refractivity contribution in [1.82, 2.24) is 21.3 Å². The maximum atomic E-state index is 12.6. The van der Waals surface area contributed by atoms with Crippen LogP contribution in [0.4, 0.5) is 9.59 Å². The Labute approximate surface area is 291 Å². The number of benzene rings is 2. The second-order valence-corrected chi connectivity index (χ2v) is 12.9. The minimum atomic E-state index is -3.67. The summed E-state index contributed by atoms with van der Waals surface area (Å²) in [5.41, 5.74) is 0.0248. The number of nitrogens with one attached hydrogen (secondary N) is 4. The summed E-state index contributed by atoms with van der Waals surface area (Å²) < 4.78 is 68.6. The third-order valence-corrected chi connectivity index (χ3v) is 5.51. The largest absolute Gasteiger partial charge is 0.481 e. The number of hydrogen-bond donors (Lipinski definition) is 8. The molecule has 21 nitrogen and oxygen atoms in total. The van der Waals surface area contributed by atoms with Crippen LogP contribution in [0.15, 0.2) is 34.7 Å². The summed E-state index contributed by atoms with van der Waals surface area (Å²) in [6, 6.07) is 8.08. The molecule has 0 saturated carbocycles. The Morgan fingerprint density at radius 1 is 0.686 bits per heavy atom. The molecule has 0 saturated heterocycles. The molecule has 51 heavy (non-hydrogen) atoms. The zero-order chi connectivity index (χ0) is 38.1. The maximum Gasteiger partial charge on any atom is 0.412 e. The Kier molecular flexibility index (Phi) is 19.9. The van der Waals surface area contributed by atoms with E-state index in [-0.39, 0.29) is 72.7 Å². The molecule has 2 aromatic carbocycles. The minimum Gasteiger partial charge on any atom is -0.481 e. The average molecular weight is 769 g/mol. The van der Waals surface area contributed by atoms with Gasteiger partial charge in [0.05, 0.1) is 30.7 Å². The lowest BCUT2D eigenvalue weighted by Crippen LogP contribution is -2.34. The van der Waals surface area contributed by atoms with E-state index in [2.05, 4.69) is 21.3 Å². The van der Waals surface area contributed by atoms with Gasteiger partial charge in [0.15, 0.2) is 28.6 Å². The van der Waals surface area contributed by atoms with Crippen LogP contribution in [0.1, 0.15) is 30.3 Å². The monoisotopic (exact) mass is 768 g/mol. The standard InChI is InChI=1S/C26H30N4O10.2CH4O3S.H2O/c1-15(31)19-14-18-22(39-25(36)29-12-10-27-8-6-20(32)33)16-4-2-3-5-17(16)23(24(18)38-19)40-26(37)30-13-11-28-9-7-21(34)35;2*1-5(2,3)4;/h2-5,14,27-28H,6-13H2,1H3,(H,29,36)(H,30,37)(H,32,33)(H,34,35);2*1H3,(H,2,3,4);1H2. The molecule has 0 aliphatic heterocycles. The van der Waals surface area contributed by atoms with E-state index in [0.29, 0.717) is 36.4 Å². The first-order chi connectivity index (χ1) is 23.2. The van der Waals surface area contributed by atoms with Crippen LogP contribution in [-0.4, -0.2) is 123 Å². The molecule has 3 rings (SSSR count). The zero-order valence-electron chi connectivity index (χ0n) is 27.5. The molecule has 1 aromatic heterocycles. The number of Topliss-reactive ketones (excluding diaryl/α,β-unsaturated/α-hetero) is 1. The number of ketones is 1. The normalized spacial score (nSPS) is 10.8. The first-order valence-corrected chi connectivity index (χ1v) is 18.0. The van der Waals surface area contributed by atoms with Crippen LogP contribution < -0.4 is 30.7 Å². The van der Waals surface area contributed by atoms with Gasteiger partial charge in [0.2, 0.25) is 0 Å². The lowest BCUT2D eigenvalue weighted by Gasteiger charge is -2.14. The molecule has 2 amide bonds. The van der Waals surface area contributed by atoms with Crippen molar-refractivity contribution in [1.29, 1.82) is 0 Å². The highest BCUT2D eigenvalue weighted by molar-refractivity contribution is 7.85. The summed E-state index contributed by atoms with van der Waals surface area (Å²) >= 11 is 0. The van der Waals surface area contributed by atoms with Crippen LogP contribution in [-0.2, 0) is 29.8 Å². The van der Waals surface area contributed by atoms with Crippen molar-refractivity contribution in [3.8, 4) is 11.5 Å². The van der Waals surface area contributed by atoms with Gasteiger partial charge >= 0.3 is 24.1 Å². The Morgan fingerprint density at radius 2 is 1.08 bits per heavy atom. The topological polar surface area (TPSA) is 346 Å². The number of hydrogen-bond acceptors (Lipinski definition) is 14. The molecule has 0 unspecified atom stereocenters. The summed E-state index contributed by atoms with van der Waals surface area (Å²) in [6.45, 7) is 2.73. The molecule has 0 aliphatic rings. The lowest BCUT2D eigenvalue weighted by molar-refractivity contribution is -0.137. The van der Waals surface area contributed by atoms with E-state index in [1.165, 1.54) is 13.0 Å². The van der Waals surface area contributed by atoms with Crippen molar-refractivity contribution in [2.45, 2.75) is 19.8 Å². The fourth-order valence-corrected chi connectivity index (χ4v) is 3.66. The molecule has 3 aromatic rings. The molecule has 0 spiro atoms. The zero-order valence-corrected chi connectivity index (χ0v) is 29.2. The molecule has 0 aliphatic carbocycles. The lowest BCUT2D eigenvalue weighted by atomic mass is 10.1. The maximum absolute atomic E-state index is 12.6. The summed E-state index contributed by atoms with van der Waals surface area (Å²) in [7, 11) is -7.33. The fraction of sp³-hybridized carbons (Fsp3) is 0.393. The first-order valence-electron chi connectivity index (χ1n) is 14.3. The summed E-state index contributed by atoms with van der Waals surface area (Å²) in [5.74, 6) is -2.19. The smallest absolute Gasteiger partial charge is 0.412 e. The van der Waals surface area contributed by atoms with Gasteiger partial charge in [-0.25, -0.2) is 9.59 Å². The minimum absolute atomic E-state index is 0. The molecule has 0 radical (unpaired) electrons. The number of furan rings is 1. The predicted octanol–water partition coefficient (Wildman–Crippen LogP) is 0.277. The Balaban J connectivity index is 0.00000200. The number of carbonyl (C=O) groups excluding carboxylic acids is 3. The summed E-state index contributed by atoms with van der Waals surface area (Å²) in [4.78, 5) is 58.4. The van der Waals surface area contributed by atoms with Crippen LogP contribution in [0.2, 0.25) is 0 Å². The molecule has 0 atom stereocenters. The van der Waals surface area contributed by atoms with Gasteiger partial charge in [0.1, 0.15) is 0 Å². The number of carbonyl (C=O) groups is 5. The van der Waals surface area contributed by atoms with E-state index in [9.17, 15) is 40.8 Å². The van der Waals surface area contributed by atoms with Crippen LogP contribution in [0, 0.1) is 0 Å². The van der Waals surface area contributed by atoms with Gasteiger partial charge < -0.3 is 50.8 Å². The predicted molar refractivity (Wildman–Crippen MR) is 181 cm³/mol. The number of aliphatic carboxylic acids is 2. The van der Waals surface area contributed by atoms with Gasteiger partial charge in [-0.3, -0.25) is 23.5 Å². The number of carboxylic acid groups (broad SMARTS) is 2. The molecular formula is C28H40N4O17S2. The summed E-state index contributed by atoms with van der Waals surface area (Å²) in [5, 5.41) is 29.3. The van der Waals surface area contributed by atoms with E-state index in [1.54, 1.807) is 24.3 Å².